The molecule has 0 heterocycles. The Labute approximate surface area is 123 Å². The van der Waals surface area contributed by atoms with Gasteiger partial charge in [-0.15, -0.1) is 0 Å². The van der Waals surface area contributed by atoms with E-state index in [-0.39, 0.29) is 12.9 Å². The summed E-state index contributed by atoms with van der Waals surface area (Å²) < 4.78 is 15.1. The molecule has 0 saturated heterocycles. The molecule has 0 aliphatic heterocycles. The number of hydrogen-bond donors (Lipinski definition) is 1. The van der Waals surface area contributed by atoms with Crippen LogP contribution in [-0.4, -0.2) is 44.3 Å². The minimum atomic E-state index is -1.09. The van der Waals surface area contributed by atoms with Crippen LogP contribution >= 0.6 is 0 Å². The summed E-state index contributed by atoms with van der Waals surface area (Å²) in [6.07, 6.45) is -0.968. The minimum Gasteiger partial charge on any atom is -0.497 e. The number of carbonyl (C=O) groups is 2. The smallest absolute Gasteiger partial charge is 0.293 e. The molecule has 21 heavy (non-hydrogen) atoms. The van der Waals surface area contributed by atoms with Crippen LogP contribution in [0.25, 0.3) is 0 Å². The molecule has 0 radical (unpaired) electrons. The molecular weight excluding hydrogens is 276 g/mol. The topological polar surface area (TPSA) is 82.1 Å². The highest BCUT2D eigenvalue weighted by Gasteiger charge is 2.27. The minimum absolute atomic E-state index is 0.248. The highest BCUT2D eigenvalue weighted by Crippen LogP contribution is 2.27. The second-order valence-electron chi connectivity index (χ2n) is 4.61. The summed E-state index contributed by atoms with van der Waals surface area (Å²) in [6, 6.07) is 5.22. The number of carbonyl (C=O) groups excluding carboxylic acids is 2. The SMILES string of the molecule is COc1ccc(OC)c(CC(C=O)C(O)C(C)OC=O)c1. The third-order valence-electron chi connectivity index (χ3n) is 3.31. The summed E-state index contributed by atoms with van der Waals surface area (Å²) >= 11 is 0. The van der Waals surface area contributed by atoms with Crippen LogP contribution in [0.3, 0.4) is 0 Å². The zero-order valence-corrected chi connectivity index (χ0v) is 12.3. The predicted molar refractivity (Wildman–Crippen MR) is 75.4 cm³/mol. The first kappa shape index (κ1) is 17.0. The standard InChI is InChI=1S/C15H20O6/c1-10(21-9-17)15(18)12(8-16)6-11-7-13(19-2)4-5-14(11)20-3/h4-5,7-10,12,15,18H,6H2,1-3H3. The Morgan fingerprint density at radius 2 is 1.95 bits per heavy atom. The van der Waals surface area contributed by atoms with Crippen molar-refractivity contribution in [3.8, 4) is 11.5 Å². The van der Waals surface area contributed by atoms with Crippen LogP contribution in [0.4, 0.5) is 0 Å². The molecule has 116 valence electrons. The molecule has 1 N–H and O–H groups in total. The predicted octanol–water partition coefficient (Wildman–Crippen LogP) is 0.984. The van der Waals surface area contributed by atoms with Crippen molar-refractivity contribution in [2.24, 2.45) is 5.92 Å². The number of aliphatic hydroxyl groups excluding tert-OH is 1. The lowest BCUT2D eigenvalue weighted by atomic mass is 9.92. The third-order valence-corrected chi connectivity index (χ3v) is 3.31. The maximum atomic E-state index is 11.2. The Balaban J connectivity index is 2.94. The van der Waals surface area contributed by atoms with Crippen molar-refractivity contribution in [2.75, 3.05) is 14.2 Å². The van der Waals surface area contributed by atoms with Gasteiger partial charge in [0, 0.05) is 5.92 Å². The van der Waals surface area contributed by atoms with Crippen molar-refractivity contribution in [3.63, 3.8) is 0 Å². The quantitative estimate of drug-likeness (QED) is 0.684. The van der Waals surface area contributed by atoms with Gasteiger partial charge >= 0.3 is 0 Å². The van der Waals surface area contributed by atoms with Gasteiger partial charge in [0.25, 0.3) is 6.47 Å². The monoisotopic (exact) mass is 296 g/mol. The number of benzene rings is 1. The molecule has 0 saturated carbocycles. The fraction of sp³-hybridized carbons (Fsp3) is 0.467. The summed E-state index contributed by atoms with van der Waals surface area (Å²) in [5.74, 6) is 0.502. The molecule has 0 aromatic heterocycles. The van der Waals surface area contributed by atoms with Crippen molar-refractivity contribution in [1.29, 1.82) is 0 Å². The van der Waals surface area contributed by atoms with Crippen molar-refractivity contribution < 1.29 is 28.9 Å². The van der Waals surface area contributed by atoms with Crippen LogP contribution in [-0.2, 0) is 20.7 Å². The highest BCUT2D eigenvalue weighted by atomic mass is 16.5. The van der Waals surface area contributed by atoms with Crippen molar-refractivity contribution in [3.05, 3.63) is 23.8 Å². The van der Waals surface area contributed by atoms with E-state index in [0.717, 1.165) is 5.56 Å². The van der Waals surface area contributed by atoms with Crippen LogP contribution in [0.5, 0.6) is 11.5 Å². The first-order valence-corrected chi connectivity index (χ1v) is 6.50. The van der Waals surface area contributed by atoms with E-state index in [1.54, 1.807) is 18.2 Å². The molecular formula is C15H20O6. The van der Waals surface area contributed by atoms with Gasteiger partial charge in [-0.3, -0.25) is 4.79 Å². The fourth-order valence-corrected chi connectivity index (χ4v) is 2.06. The number of rotatable bonds is 9. The number of methoxy groups -OCH3 is 2. The molecule has 6 heteroatoms. The van der Waals surface area contributed by atoms with Gasteiger partial charge in [-0.25, -0.2) is 0 Å². The first-order valence-electron chi connectivity index (χ1n) is 6.50. The molecule has 1 aromatic carbocycles. The average molecular weight is 296 g/mol. The zero-order chi connectivity index (χ0) is 15.8. The zero-order valence-electron chi connectivity index (χ0n) is 12.3. The Morgan fingerprint density at radius 1 is 1.24 bits per heavy atom. The molecule has 0 fully saturated rings. The summed E-state index contributed by atoms with van der Waals surface area (Å²) in [4.78, 5) is 21.6. The van der Waals surface area contributed by atoms with E-state index < -0.39 is 18.1 Å². The molecule has 3 atom stereocenters. The molecule has 0 amide bonds. The molecule has 3 unspecified atom stereocenters. The number of ether oxygens (including phenoxy) is 3. The average Bonchev–Trinajstić information content (AvgIpc) is 2.51. The lowest BCUT2D eigenvalue weighted by molar-refractivity contribution is -0.142. The van der Waals surface area contributed by atoms with E-state index in [4.69, 9.17) is 9.47 Å². The molecule has 1 rings (SSSR count). The third kappa shape index (κ3) is 4.46. The van der Waals surface area contributed by atoms with Gasteiger partial charge in [0.05, 0.1) is 14.2 Å². The van der Waals surface area contributed by atoms with E-state index in [1.807, 2.05) is 0 Å². The van der Waals surface area contributed by atoms with Crippen LogP contribution < -0.4 is 9.47 Å². The number of hydrogen-bond acceptors (Lipinski definition) is 6. The van der Waals surface area contributed by atoms with Crippen molar-refractivity contribution in [2.45, 2.75) is 25.6 Å². The van der Waals surface area contributed by atoms with Crippen LogP contribution in [0.15, 0.2) is 18.2 Å². The van der Waals surface area contributed by atoms with E-state index in [9.17, 15) is 14.7 Å². The van der Waals surface area contributed by atoms with Crippen molar-refractivity contribution in [1.82, 2.24) is 0 Å². The number of aliphatic hydroxyl groups is 1. The Bertz CT molecular complexity index is 473. The Kier molecular flexibility index (Phi) is 6.68. The van der Waals surface area contributed by atoms with Gasteiger partial charge < -0.3 is 24.1 Å². The number of aldehydes is 1. The molecule has 0 spiro atoms. The summed E-state index contributed by atoms with van der Waals surface area (Å²) in [6.45, 7) is 1.78. The van der Waals surface area contributed by atoms with Gasteiger partial charge in [-0.05, 0) is 37.1 Å². The molecule has 6 nitrogen and oxygen atoms in total. The first-order chi connectivity index (χ1) is 10.1. The van der Waals surface area contributed by atoms with Gasteiger partial charge in [0.2, 0.25) is 0 Å². The second kappa shape index (κ2) is 8.26. The highest BCUT2D eigenvalue weighted by molar-refractivity contribution is 5.56. The second-order valence-corrected chi connectivity index (χ2v) is 4.61. The molecule has 0 aliphatic rings. The van der Waals surface area contributed by atoms with Crippen molar-refractivity contribution >= 4 is 12.8 Å². The van der Waals surface area contributed by atoms with Gasteiger partial charge in [0.15, 0.2) is 0 Å². The largest absolute Gasteiger partial charge is 0.497 e. The summed E-state index contributed by atoms with van der Waals surface area (Å²) in [7, 11) is 3.06. The lowest BCUT2D eigenvalue weighted by Gasteiger charge is -2.23. The maximum absolute atomic E-state index is 11.2. The molecule has 0 aliphatic carbocycles. The van der Waals surface area contributed by atoms with Gasteiger partial charge in [-0.2, -0.15) is 0 Å². The van der Waals surface area contributed by atoms with E-state index in [1.165, 1.54) is 21.1 Å². The molecule has 0 bridgehead atoms. The van der Waals surface area contributed by atoms with Gasteiger partial charge in [0.1, 0.15) is 30.0 Å². The lowest BCUT2D eigenvalue weighted by Crippen LogP contribution is -2.35. The summed E-state index contributed by atoms with van der Waals surface area (Å²) in [5.41, 5.74) is 0.728. The Hall–Kier alpha value is -2.08. The maximum Gasteiger partial charge on any atom is 0.293 e. The fourth-order valence-electron chi connectivity index (χ4n) is 2.06. The van der Waals surface area contributed by atoms with Crippen LogP contribution in [0.2, 0.25) is 0 Å². The molecule has 1 aromatic rings. The van der Waals surface area contributed by atoms with E-state index in [2.05, 4.69) is 4.74 Å². The van der Waals surface area contributed by atoms with Crippen LogP contribution in [0.1, 0.15) is 12.5 Å². The van der Waals surface area contributed by atoms with E-state index >= 15 is 0 Å². The van der Waals surface area contributed by atoms with Gasteiger partial charge in [-0.1, -0.05) is 0 Å². The van der Waals surface area contributed by atoms with Crippen LogP contribution in [0, 0.1) is 5.92 Å². The normalized spacial score (nSPS) is 14.7. The Morgan fingerprint density at radius 3 is 2.48 bits per heavy atom. The summed E-state index contributed by atoms with van der Waals surface area (Å²) in [5, 5.41) is 10.1. The van der Waals surface area contributed by atoms with E-state index in [0.29, 0.717) is 17.8 Å².